The Hall–Kier alpha value is 0.190. The van der Waals surface area contributed by atoms with E-state index >= 15 is 0 Å². The van der Waals surface area contributed by atoms with Crippen LogP contribution in [0.1, 0.15) is 39.5 Å². The topological polar surface area (TPSA) is 26.3 Å². The minimum Gasteiger partial charge on any atom is -0.332 e. The van der Waals surface area contributed by atoms with Gasteiger partial charge >= 0.3 is 0 Å². The van der Waals surface area contributed by atoms with Crippen LogP contribution >= 0.6 is 7.37 Å². The molecule has 0 amide bonds. The molecular weight excluding hydrogens is 171 g/mol. The Balaban J connectivity index is 3.52. The summed E-state index contributed by atoms with van der Waals surface area (Å²) >= 11 is 0. The molecule has 0 saturated heterocycles. The Labute approximate surface area is 76.1 Å². The van der Waals surface area contributed by atoms with E-state index in [1.54, 1.807) is 7.11 Å². The van der Waals surface area contributed by atoms with Crippen molar-refractivity contribution < 1.29 is 9.09 Å². The average Bonchev–Trinajstić information content (AvgIpc) is 2.12. The molecule has 0 saturated carbocycles. The van der Waals surface area contributed by atoms with Gasteiger partial charge in [-0.3, -0.25) is 4.57 Å². The summed E-state index contributed by atoms with van der Waals surface area (Å²) in [5.74, 6) is 0. The van der Waals surface area contributed by atoms with Gasteiger partial charge in [0, 0.05) is 19.4 Å². The summed E-state index contributed by atoms with van der Waals surface area (Å²) in [6, 6.07) is 0. The zero-order chi connectivity index (χ0) is 9.45. The van der Waals surface area contributed by atoms with E-state index in [4.69, 9.17) is 4.52 Å². The smallest absolute Gasteiger partial charge is 0.202 e. The molecule has 0 bridgehead atoms. The predicted octanol–water partition coefficient (Wildman–Crippen LogP) is 3.51. The third kappa shape index (κ3) is 4.95. The Morgan fingerprint density at radius 3 is 2.25 bits per heavy atom. The van der Waals surface area contributed by atoms with Crippen molar-refractivity contribution in [1.29, 1.82) is 0 Å². The van der Waals surface area contributed by atoms with E-state index in [-0.39, 0.29) is 0 Å². The lowest BCUT2D eigenvalue weighted by Crippen LogP contribution is -1.95. The third-order valence-electron chi connectivity index (χ3n) is 2.17. The maximum atomic E-state index is 11.7. The van der Waals surface area contributed by atoms with Crippen LogP contribution in [0.4, 0.5) is 0 Å². The lowest BCUT2D eigenvalue weighted by Gasteiger charge is -2.13. The largest absolute Gasteiger partial charge is 0.332 e. The zero-order valence-electron chi connectivity index (χ0n) is 8.51. The van der Waals surface area contributed by atoms with Gasteiger partial charge in [-0.05, 0) is 6.42 Å². The highest BCUT2D eigenvalue weighted by Crippen LogP contribution is 2.46. The molecule has 0 aliphatic heterocycles. The Morgan fingerprint density at radius 2 is 1.83 bits per heavy atom. The maximum Gasteiger partial charge on any atom is 0.202 e. The second-order valence-electron chi connectivity index (χ2n) is 3.10. The SMILES string of the molecule is CCCCCCP(=O)(CC)OC. The molecule has 0 aromatic carbocycles. The van der Waals surface area contributed by atoms with Crippen molar-refractivity contribution >= 4 is 7.37 Å². The molecule has 0 aromatic rings. The quantitative estimate of drug-likeness (QED) is 0.455. The molecule has 3 heteroatoms. The van der Waals surface area contributed by atoms with Gasteiger partial charge in [0.05, 0.1) is 0 Å². The minimum atomic E-state index is -2.22. The molecule has 0 aliphatic carbocycles. The van der Waals surface area contributed by atoms with Gasteiger partial charge in [-0.2, -0.15) is 0 Å². The minimum absolute atomic E-state index is 0.676. The summed E-state index contributed by atoms with van der Waals surface area (Å²) in [5, 5.41) is 0. The van der Waals surface area contributed by atoms with Crippen molar-refractivity contribution in [3.05, 3.63) is 0 Å². The van der Waals surface area contributed by atoms with Crippen LogP contribution in [0, 0.1) is 0 Å². The molecule has 1 unspecified atom stereocenters. The van der Waals surface area contributed by atoms with E-state index in [2.05, 4.69) is 6.92 Å². The van der Waals surface area contributed by atoms with E-state index in [9.17, 15) is 4.57 Å². The fraction of sp³-hybridized carbons (Fsp3) is 1.00. The highest BCUT2D eigenvalue weighted by Gasteiger charge is 2.16. The number of unbranched alkanes of at least 4 members (excludes halogenated alkanes) is 3. The van der Waals surface area contributed by atoms with Crippen LogP contribution in [-0.2, 0) is 9.09 Å². The average molecular weight is 192 g/mol. The first-order valence-electron chi connectivity index (χ1n) is 4.82. The fourth-order valence-corrected chi connectivity index (χ4v) is 2.62. The second-order valence-corrected chi connectivity index (χ2v) is 6.17. The second kappa shape index (κ2) is 6.68. The van der Waals surface area contributed by atoms with Crippen LogP contribution in [0.3, 0.4) is 0 Å². The van der Waals surface area contributed by atoms with Gasteiger partial charge in [0.1, 0.15) is 0 Å². The van der Waals surface area contributed by atoms with Gasteiger partial charge in [0.15, 0.2) is 0 Å². The van der Waals surface area contributed by atoms with Crippen LogP contribution in [0.25, 0.3) is 0 Å². The summed E-state index contributed by atoms with van der Waals surface area (Å²) < 4.78 is 16.7. The first-order valence-corrected chi connectivity index (χ1v) is 6.82. The molecule has 0 radical (unpaired) electrons. The molecule has 1 atom stereocenters. The summed E-state index contributed by atoms with van der Waals surface area (Å²) in [6.45, 7) is 4.11. The summed E-state index contributed by atoms with van der Waals surface area (Å²) in [4.78, 5) is 0. The summed E-state index contributed by atoms with van der Waals surface area (Å²) in [7, 11) is -0.662. The van der Waals surface area contributed by atoms with E-state index in [0.29, 0.717) is 6.16 Å². The van der Waals surface area contributed by atoms with Gasteiger partial charge in [-0.25, -0.2) is 0 Å². The van der Waals surface area contributed by atoms with Gasteiger partial charge in [-0.1, -0.05) is 33.1 Å². The molecule has 74 valence electrons. The van der Waals surface area contributed by atoms with Gasteiger partial charge in [-0.15, -0.1) is 0 Å². The van der Waals surface area contributed by atoms with Crippen LogP contribution in [0.2, 0.25) is 0 Å². The van der Waals surface area contributed by atoms with Crippen molar-refractivity contribution in [1.82, 2.24) is 0 Å². The molecule has 0 aliphatic rings. The van der Waals surface area contributed by atoms with Crippen molar-refractivity contribution in [3.63, 3.8) is 0 Å². The van der Waals surface area contributed by atoms with E-state index in [1.165, 1.54) is 19.3 Å². The first-order chi connectivity index (χ1) is 5.68. The Morgan fingerprint density at radius 1 is 1.17 bits per heavy atom. The standard InChI is InChI=1S/C9H21O2P/c1-4-6-7-8-9-12(10,5-2)11-3/h4-9H2,1-3H3. The molecule has 0 N–H and O–H groups in total. The van der Waals surface area contributed by atoms with Crippen LogP contribution < -0.4 is 0 Å². The van der Waals surface area contributed by atoms with E-state index < -0.39 is 7.37 Å². The van der Waals surface area contributed by atoms with Crippen LogP contribution in [-0.4, -0.2) is 19.4 Å². The molecule has 0 rings (SSSR count). The molecular formula is C9H21O2P. The molecule has 0 heterocycles. The van der Waals surface area contributed by atoms with Crippen molar-refractivity contribution in [2.75, 3.05) is 19.4 Å². The maximum absolute atomic E-state index is 11.7. The fourth-order valence-electron chi connectivity index (χ4n) is 1.16. The highest BCUT2D eigenvalue weighted by molar-refractivity contribution is 7.58. The van der Waals surface area contributed by atoms with Crippen LogP contribution in [0.15, 0.2) is 0 Å². The number of hydrogen-bond acceptors (Lipinski definition) is 2. The Kier molecular flexibility index (Phi) is 6.78. The van der Waals surface area contributed by atoms with Crippen molar-refractivity contribution in [2.24, 2.45) is 0 Å². The number of rotatable bonds is 7. The lowest BCUT2D eigenvalue weighted by atomic mass is 10.2. The van der Waals surface area contributed by atoms with E-state index in [0.717, 1.165) is 12.6 Å². The Bertz CT molecular complexity index is 137. The number of hydrogen-bond donors (Lipinski definition) is 0. The van der Waals surface area contributed by atoms with E-state index in [1.807, 2.05) is 6.92 Å². The highest BCUT2D eigenvalue weighted by atomic mass is 31.2. The molecule has 12 heavy (non-hydrogen) atoms. The van der Waals surface area contributed by atoms with Crippen molar-refractivity contribution in [3.8, 4) is 0 Å². The van der Waals surface area contributed by atoms with Gasteiger partial charge in [0.25, 0.3) is 0 Å². The zero-order valence-corrected chi connectivity index (χ0v) is 9.40. The molecule has 0 aromatic heterocycles. The molecule has 0 spiro atoms. The molecule has 2 nitrogen and oxygen atoms in total. The third-order valence-corrected chi connectivity index (χ3v) is 4.79. The monoisotopic (exact) mass is 192 g/mol. The van der Waals surface area contributed by atoms with Crippen LogP contribution in [0.5, 0.6) is 0 Å². The van der Waals surface area contributed by atoms with Crippen molar-refractivity contribution in [2.45, 2.75) is 39.5 Å². The summed E-state index contributed by atoms with van der Waals surface area (Å²) in [5.41, 5.74) is 0. The van der Waals surface area contributed by atoms with Gasteiger partial charge in [0.2, 0.25) is 7.37 Å². The lowest BCUT2D eigenvalue weighted by molar-refractivity contribution is 0.392. The molecule has 0 fully saturated rings. The first kappa shape index (κ1) is 12.2. The van der Waals surface area contributed by atoms with Gasteiger partial charge < -0.3 is 4.52 Å². The normalized spacial score (nSPS) is 15.9. The summed E-state index contributed by atoms with van der Waals surface area (Å²) in [6.07, 6.45) is 6.14. The predicted molar refractivity (Wildman–Crippen MR) is 54.2 cm³/mol.